The lowest BCUT2D eigenvalue weighted by molar-refractivity contribution is -0.138. The van der Waals surface area contributed by atoms with Gasteiger partial charge in [-0.15, -0.1) is 0 Å². The quantitative estimate of drug-likeness (QED) is 0.461. The van der Waals surface area contributed by atoms with Crippen LogP contribution in [-0.2, 0) is 9.59 Å². The lowest BCUT2D eigenvalue weighted by Gasteiger charge is -1.98. The van der Waals surface area contributed by atoms with Crippen LogP contribution < -0.4 is 11.1 Å². The zero-order valence-electron chi connectivity index (χ0n) is 13.9. The van der Waals surface area contributed by atoms with Crippen LogP contribution in [0.1, 0.15) is 65.2 Å². The highest BCUT2D eigenvalue weighted by Gasteiger charge is 1.98. The van der Waals surface area contributed by atoms with E-state index in [4.69, 9.17) is 15.9 Å². The normalized spacial score (nSPS) is 8.95. The van der Waals surface area contributed by atoms with E-state index in [0.717, 1.165) is 51.6 Å². The number of unbranched alkanes of at least 4 members (excludes halogenated alkanes) is 5. The average molecular weight is 306 g/mol. The molecule has 0 aliphatic heterocycles. The van der Waals surface area contributed by atoms with E-state index < -0.39 is 11.9 Å². The highest BCUT2D eigenvalue weighted by Crippen LogP contribution is 2.08. The molecule has 0 radical (unpaired) electrons. The molecular formula is C15H34N2O4. The van der Waals surface area contributed by atoms with E-state index in [1.54, 1.807) is 0 Å². The first kappa shape index (κ1) is 24.9. The molecule has 0 saturated carbocycles. The van der Waals surface area contributed by atoms with Gasteiger partial charge in [-0.3, -0.25) is 9.59 Å². The topological polar surface area (TPSA) is 113 Å². The fraction of sp³-hybridized carbons (Fsp3) is 0.867. The molecule has 0 aliphatic rings. The second kappa shape index (κ2) is 23.9. The predicted molar refractivity (Wildman–Crippen MR) is 86.5 cm³/mol. The molecule has 21 heavy (non-hydrogen) atoms. The highest BCUT2D eigenvalue weighted by molar-refractivity contribution is 5.66. The summed E-state index contributed by atoms with van der Waals surface area (Å²) in [5, 5.41) is 19.6. The molecule has 0 heterocycles. The van der Waals surface area contributed by atoms with E-state index in [-0.39, 0.29) is 12.8 Å². The number of hydrogen-bond donors (Lipinski definition) is 4. The monoisotopic (exact) mass is 306 g/mol. The van der Waals surface area contributed by atoms with Gasteiger partial charge in [-0.1, -0.05) is 39.5 Å². The van der Waals surface area contributed by atoms with E-state index >= 15 is 0 Å². The van der Waals surface area contributed by atoms with Crippen LogP contribution in [0.25, 0.3) is 0 Å². The summed E-state index contributed by atoms with van der Waals surface area (Å²) in [6.45, 7) is 5.79. The Bertz CT molecular complexity index is 202. The summed E-state index contributed by atoms with van der Waals surface area (Å²) in [4.78, 5) is 20.3. The maximum Gasteiger partial charge on any atom is 0.303 e. The molecule has 0 amide bonds. The second-order valence-corrected chi connectivity index (χ2v) is 4.52. The number of carbonyl (C=O) groups is 2. The van der Waals surface area contributed by atoms with Crippen LogP contribution in [-0.4, -0.2) is 42.3 Å². The Balaban J connectivity index is -0.000000386. The minimum absolute atomic E-state index is 0.245. The van der Waals surface area contributed by atoms with Gasteiger partial charge >= 0.3 is 11.9 Å². The number of carboxylic acid groups (broad SMARTS) is 2. The Kier molecular flexibility index (Phi) is 28.3. The molecular weight excluding hydrogens is 272 g/mol. The summed E-state index contributed by atoms with van der Waals surface area (Å²) < 4.78 is 0. The van der Waals surface area contributed by atoms with E-state index in [1.807, 2.05) is 14.0 Å². The molecule has 5 N–H and O–H groups in total. The van der Waals surface area contributed by atoms with Crippen LogP contribution in [0.4, 0.5) is 0 Å². The van der Waals surface area contributed by atoms with Crippen molar-refractivity contribution in [3.05, 3.63) is 0 Å². The van der Waals surface area contributed by atoms with Crippen LogP contribution in [0.5, 0.6) is 0 Å². The lowest BCUT2D eigenvalue weighted by Crippen LogP contribution is -2.01. The molecule has 0 aromatic carbocycles. The lowest BCUT2D eigenvalue weighted by atomic mass is 10.1. The van der Waals surface area contributed by atoms with Gasteiger partial charge in [0.05, 0.1) is 0 Å². The molecule has 0 fully saturated rings. The maximum atomic E-state index is 10.1. The molecule has 0 saturated heterocycles. The Morgan fingerprint density at radius 3 is 1.29 bits per heavy atom. The molecule has 0 aliphatic carbocycles. The predicted octanol–water partition coefficient (Wildman–Crippen LogP) is 2.47. The number of carboxylic acids is 2. The summed E-state index contributed by atoms with van der Waals surface area (Å²) >= 11 is 0. The molecule has 6 heteroatoms. The first-order valence-electron chi connectivity index (χ1n) is 7.74. The highest BCUT2D eigenvalue weighted by atomic mass is 16.4. The van der Waals surface area contributed by atoms with Crippen molar-refractivity contribution >= 4 is 11.9 Å². The van der Waals surface area contributed by atoms with E-state index in [9.17, 15) is 9.59 Å². The Hall–Kier alpha value is -1.14. The van der Waals surface area contributed by atoms with Crippen LogP contribution in [0.3, 0.4) is 0 Å². The zero-order valence-corrected chi connectivity index (χ0v) is 13.9. The van der Waals surface area contributed by atoms with Gasteiger partial charge in [-0.05, 0) is 33.0 Å². The molecule has 128 valence electrons. The minimum atomic E-state index is -0.740. The fourth-order valence-electron chi connectivity index (χ4n) is 1.26. The third-order valence-corrected chi connectivity index (χ3v) is 2.38. The van der Waals surface area contributed by atoms with Crippen molar-refractivity contribution in [1.82, 2.24) is 5.32 Å². The summed E-state index contributed by atoms with van der Waals surface area (Å²) in [6.07, 6.45) is 5.82. The molecule has 0 unspecified atom stereocenters. The average Bonchev–Trinajstić information content (AvgIpc) is 2.42. The Morgan fingerprint density at radius 1 is 0.857 bits per heavy atom. The van der Waals surface area contributed by atoms with Crippen LogP contribution in [0.2, 0.25) is 0 Å². The zero-order chi connectivity index (χ0) is 16.9. The van der Waals surface area contributed by atoms with Crippen molar-refractivity contribution in [1.29, 1.82) is 0 Å². The molecule has 0 aromatic heterocycles. The standard InChI is InChI=1S/C10H18O4.C3H9N.C2H7N/c11-9(12)7-5-3-1-2-4-6-8-10(13)14;1-3-4-2;1-2-3/h1-8H2,(H,11,12)(H,13,14);4H,3H2,1-2H3;2-3H2,1H3. The molecule has 0 aromatic rings. The molecule has 0 bridgehead atoms. The van der Waals surface area contributed by atoms with E-state index in [2.05, 4.69) is 12.2 Å². The fourth-order valence-corrected chi connectivity index (χ4v) is 1.26. The minimum Gasteiger partial charge on any atom is -0.481 e. The number of nitrogens with two attached hydrogens (primary N) is 1. The van der Waals surface area contributed by atoms with Gasteiger partial charge in [0.1, 0.15) is 0 Å². The second-order valence-electron chi connectivity index (χ2n) is 4.52. The van der Waals surface area contributed by atoms with Gasteiger partial charge < -0.3 is 21.3 Å². The summed E-state index contributed by atoms with van der Waals surface area (Å²) in [7, 11) is 1.93. The van der Waals surface area contributed by atoms with E-state index in [0.29, 0.717) is 0 Å². The van der Waals surface area contributed by atoms with Gasteiger partial charge in [0.15, 0.2) is 0 Å². The third-order valence-electron chi connectivity index (χ3n) is 2.38. The summed E-state index contributed by atoms with van der Waals surface area (Å²) in [6, 6.07) is 0. The largest absolute Gasteiger partial charge is 0.481 e. The van der Waals surface area contributed by atoms with E-state index in [1.165, 1.54) is 0 Å². The number of nitrogens with one attached hydrogen (secondary N) is 1. The van der Waals surface area contributed by atoms with Gasteiger partial charge in [0.25, 0.3) is 0 Å². The smallest absolute Gasteiger partial charge is 0.303 e. The summed E-state index contributed by atoms with van der Waals surface area (Å²) in [5.41, 5.74) is 4.85. The van der Waals surface area contributed by atoms with Crippen LogP contribution in [0, 0.1) is 0 Å². The number of hydrogen-bond acceptors (Lipinski definition) is 4. The van der Waals surface area contributed by atoms with Crippen molar-refractivity contribution in [2.45, 2.75) is 65.2 Å². The van der Waals surface area contributed by atoms with Gasteiger partial charge in [-0.25, -0.2) is 0 Å². The first-order chi connectivity index (χ1) is 9.95. The van der Waals surface area contributed by atoms with Gasteiger partial charge in [0.2, 0.25) is 0 Å². The molecule has 0 atom stereocenters. The number of aliphatic carboxylic acids is 2. The van der Waals surface area contributed by atoms with Crippen molar-refractivity contribution in [3.63, 3.8) is 0 Å². The summed E-state index contributed by atoms with van der Waals surface area (Å²) in [5.74, 6) is -1.48. The number of rotatable bonds is 10. The maximum absolute atomic E-state index is 10.1. The SMILES string of the molecule is CCN.CCNC.O=C(O)CCCCCCCCC(=O)O. The Labute approximate surface area is 129 Å². The van der Waals surface area contributed by atoms with Crippen molar-refractivity contribution in [3.8, 4) is 0 Å². The first-order valence-corrected chi connectivity index (χ1v) is 7.74. The van der Waals surface area contributed by atoms with Crippen LogP contribution in [0.15, 0.2) is 0 Å². The molecule has 0 spiro atoms. The van der Waals surface area contributed by atoms with Gasteiger partial charge in [-0.2, -0.15) is 0 Å². The van der Waals surface area contributed by atoms with Crippen molar-refractivity contribution in [2.24, 2.45) is 5.73 Å². The molecule has 6 nitrogen and oxygen atoms in total. The van der Waals surface area contributed by atoms with Crippen molar-refractivity contribution < 1.29 is 19.8 Å². The Morgan fingerprint density at radius 2 is 1.10 bits per heavy atom. The molecule has 0 rings (SSSR count). The third kappa shape index (κ3) is 45.5. The van der Waals surface area contributed by atoms with Crippen LogP contribution >= 0.6 is 0 Å². The van der Waals surface area contributed by atoms with Crippen molar-refractivity contribution in [2.75, 3.05) is 20.1 Å². The van der Waals surface area contributed by atoms with Gasteiger partial charge in [0, 0.05) is 12.8 Å².